The van der Waals surface area contributed by atoms with Crippen LogP contribution in [0.3, 0.4) is 0 Å². The van der Waals surface area contributed by atoms with Gasteiger partial charge in [-0.25, -0.2) is 0 Å². The SMILES string of the molecule is CCCC(=N)C(CC)C(=O)O. The lowest BCUT2D eigenvalue weighted by molar-refractivity contribution is -0.139. The van der Waals surface area contributed by atoms with Crippen LogP contribution in [0.4, 0.5) is 0 Å². The number of carboxylic acid groups (broad SMARTS) is 1. The second-order valence-corrected chi connectivity index (χ2v) is 2.57. The summed E-state index contributed by atoms with van der Waals surface area (Å²) in [7, 11) is 0. The summed E-state index contributed by atoms with van der Waals surface area (Å²) >= 11 is 0. The molecule has 2 N–H and O–H groups in total. The van der Waals surface area contributed by atoms with Gasteiger partial charge in [0.15, 0.2) is 0 Å². The number of hydrogen-bond acceptors (Lipinski definition) is 2. The second-order valence-electron chi connectivity index (χ2n) is 2.57. The Morgan fingerprint density at radius 2 is 2.09 bits per heavy atom. The Morgan fingerprint density at radius 1 is 1.55 bits per heavy atom. The molecule has 0 saturated carbocycles. The molecule has 0 saturated heterocycles. The van der Waals surface area contributed by atoms with Gasteiger partial charge in [0.05, 0.1) is 5.92 Å². The molecule has 3 nitrogen and oxygen atoms in total. The van der Waals surface area contributed by atoms with Crippen LogP contribution >= 0.6 is 0 Å². The van der Waals surface area contributed by atoms with Gasteiger partial charge in [-0.2, -0.15) is 0 Å². The molecule has 3 heteroatoms. The van der Waals surface area contributed by atoms with Crippen molar-refractivity contribution in [3.05, 3.63) is 0 Å². The van der Waals surface area contributed by atoms with Gasteiger partial charge in [-0.1, -0.05) is 20.3 Å². The van der Waals surface area contributed by atoms with Crippen molar-refractivity contribution in [1.82, 2.24) is 0 Å². The summed E-state index contributed by atoms with van der Waals surface area (Å²) in [5.41, 5.74) is 0.350. The van der Waals surface area contributed by atoms with Gasteiger partial charge < -0.3 is 10.5 Å². The Bertz CT molecular complexity index is 154. The van der Waals surface area contributed by atoms with Gasteiger partial charge in [0.2, 0.25) is 0 Å². The number of aliphatic carboxylic acids is 1. The fourth-order valence-corrected chi connectivity index (χ4v) is 1.01. The van der Waals surface area contributed by atoms with Crippen LogP contribution < -0.4 is 0 Å². The van der Waals surface area contributed by atoms with E-state index in [2.05, 4.69) is 0 Å². The van der Waals surface area contributed by atoms with Crippen molar-refractivity contribution in [3.63, 3.8) is 0 Å². The molecule has 0 aliphatic rings. The highest BCUT2D eigenvalue weighted by molar-refractivity contribution is 5.99. The van der Waals surface area contributed by atoms with Gasteiger partial charge >= 0.3 is 5.97 Å². The van der Waals surface area contributed by atoms with Crippen molar-refractivity contribution in [2.45, 2.75) is 33.1 Å². The summed E-state index contributed by atoms with van der Waals surface area (Å²) in [6, 6.07) is 0. The van der Waals surface area contributed by atoms with E-state index in [0.717, 1.165) is 6.42 Å². The van der Waals surface area contributed by atoms with Crippen molar-refractivity contribution >= 4 is 11.7 Å². The molecule has 0 rings (SSSR count). The van der Waals surface area contributed by atoms with Crippen LogP contribution in [0, 0.1) is 11.3 Å². The van der Waals surface area contributed by atoms with E-state index in [1.54, 1.807) is 6.92 Å². The molecule has 0 aliphatic carbocycles. The molecule has 0 aromatic rings. The number of carboxylic acids is 1. The largest absolute Gasteiger partial charge is 0.481 e. The molecule has 0 aromatic carbocycles. The maximum atomic E-state index is 10.5. The molecule has 0 radical (unpaired) electrons. The first-order valence-electron chi connectivity index (χ1n) is 3.93. The number of hydrogen-bond donors (Lipinski definition) is 2. The number of nitrogens with one attached hydrogen (secondary N) is 1. The zero-order chi connectivity index (χ0) is 8.85. The summed E-state index contributed by atoms with van der Waals surface area (Å²) in [5.74, 6) is -1.43. The van der Waals surface area contributed by atoms with Crippen molar-refractivity contribution < 1.29 is 9.90 Å². The maximum absolute atomic E-state index is 10.5. The molecular weight excluding hydrogens is 142 g/mol. The highest BCUT2D eigenvalue weighted by atomic mass is 16.4. The third-order valence-electron chi connectivity index (χ3n) is 1.65. The summed E-state index contributed by atoms with van der Waals surface area (Å²) in [5, 5.41) is 16.0. The fraction of sp³-hybridized carbons (Fsp3) is 0.750. The first-order chi connectivity index (χ1) is 5.13. The van der Waals surface area contributed by atoms with E-state index in [4.69, 9.17) is 10.5 Å². The number of rotatable bonds is 5. The monoisotopic (exact) mass is 157 g/mol. The van der Waals surface area contributed by atoms with Crippen molar-refractivity contribution in [1.29, 1.82) is 5.41 Å². The Kier molecular flexibility index (Phi) is 4.50. The minimum absolute atomic E-state index is 0.350. The Hall–Kier alpha value is -0.860. The minimum Gasteiger partial charge on any atom is -0.481 e. The number of carbonyl (C=O) groups is 1. The van der Waals surface area contributed by atoms with Crippen LogP contribution in [-0.2, 0) is 4.79 Å². The molecular formula is C8H15NO2. The van der Waals surface area contributed by atoms with Gasteiger partial charge in [0.1, 0.15) is 0 Å². The quantitative estimate of drug-likeness (QED) is 0.599. The average Bonchev–Trinajstić information content (AvgIpc) is 1.88. The third-order valence-corrected chi connectivity index (χ3v) is 1.65. The van der Waals surface area contributed by atoms with Gasteiger partial charge in [-0.05, 0) is 12.8 Å². The van der Waals surface area contributed by atoms with Crippen LogP contribution in [-0.4, -0.2) is 16.8 Å². The third kappa shape index (κ3) is 3.16. The molecule has 0 bridgehead atoms. The van der Waals surface area contributed by atoms with Gasteiger partial charge in [0, 0.05) is 5.71 Å². The fourth-order valence-electron chi connectivity index (χ4n) is 1.01. The lowest BCUT2D eigenvalue weighted by Crippen LogP contribution is -2.21. The van der Waals surface area contributed by atoms with Crippen molar-refractivity contribution in [2.24, 2.45) is 5.92 Å². The van der Waals surface area contributed by atoms with Crippen LogP contribution in [0.25, 0.3) is 0 Å². The van der Waals surface area contributed by atoms with E-state index in [0.29, 0.717) is 18.6 Å². The van der Waals surface area contributed by atoms with Crippen LogP contribution in [0.2, 0.25) is 0 Å². The molecule has 0 amide bonds. The molecule has 1 unspecified atom stereocenters. The van der Waals surface area contributed by atoms with Gasteiger partial charge in [-0.3, -0.25) is 4.79 Å². The van der Waals surface area contributed by atoms with Gasteiger partial charge in [0.25, 0.3) is 0 Å². The van der Waals surface area contributed by atoms with Gasteiger partial charge in [-0.15, -0.1) is 0 Å². The minimum atomic E-state index is -0.869. The van der Waals surface area contributed by atoms with Crippen LogP contribution in [0.1, 0.15) is 33.1 Å². The van der Waals surface area contributed by atoms with E-state index in [1.807, 2.05) is 6.92 Å². The zero-order valence-corrected chi connectivity index (χ0v) is 7.05. The van der Waals surface area contributed by atoms with E-state index in [9.17, 15) is 4.79 Å². The summed E-state index contributed by atoms with van der Waals surface area (Å²) < 4.78 is 0. The van der Waals surface area contributed by atoms with E-state index in [-0.39, 0.29) is 0 Å². The molecule has 0 aliphatic heterocycles. The summed E-state index contributed by atoms with van der Waals surface area (Å²) in [6.45, 7) is 3.74. The standard InChI is InChI=1S/C8H15NO2/c1-3-5-7(9)6(4-2)8(10)11/h6,9H,3-5H2,1-2H3,(H,10,11). The van der Waals surface area contributed by atoms with Crippen LogP contribution in [0.5, 0.6) is 0 Å². The highest BCUT2D eigenvalue weighted by Crippen LogP contribution is 2.08. The van der Waals surface area contributed by atoms with E-state index >= 15 is 0 Å². The predicted octanol–water partition coefficient (Wildman–Crippen LogP) is 1.92. The zero-order valence-electron chi connectivity index (χ0n) is 7.05. The maximum Gasteiger partial charge on any atom is 0.312 e. The normalized spacial score (nSPS) is 12.5. The molecule has 0 aromatic heterocycles. The molecule has 1 atom stereocenters. The van der Waals surface area contributed by atoms with Crippen molar-refractivity contribution in [2.75, 3.05) is 0 Å². The lowest BCUT2D eigenvalue weighted by atomic mass is 9.97. The predicted molar refractivity (Wildman–Crippen MR) is 44.1 cm³/mol. The Morgan fingerprint density at radius 3 is 2.36 bits per heavy atom. The molecule has 0 fully saturated rings. The lowest BCUT2D eigenvalue weighted by Gasteiger charge is -2.09. The summed E-state index contributed by atoms with van der Waals surface area (Å²) in [4.78, 5) is 10.5. The highest BCUT2D eigenvalue weighted by Gasteiger charge is 2.18. The summed E-state index contributed by atoms with van der Waals surface area (Å²) in [6.07, 6.45) is 1.97. The molecule has 0 spiro atoms. The Labute approximate surface area is 66.9 Å². The second kappa shape index (κ2) is 4.88. The topological polar surface area (TPSA) is 61.2 Å². The average molecular weight is 157 g/mol. The van der Waals surface area contributed by atoms with E-state index < -0.39 is 11.9 Å². The first kappa shape index (κ1) is 10.1. The molecule has 64 valence electrons. The van der Waals surface area contributed by atoms with Crippen LogP contribution in [0.15, 0.2) is 0 Å². The molecule has 0 heterocycles. The Balaban J connectivity index is 4.03. The first-order valence-corrected chi connectivity index (χ1v) is 3.93. The van der Waals surface area contributed by atoms with E-state index in [1.165, 1.54) is 0 Å². The molecule has 11 heavy (non-hydrogen) atoms. The van der Waals surface area contributed by atoms with Crippen molar-refractivity contribution in [3.8, 4) is 0 Å². The smallest absolute Gasteiger partial charge is 0.312 e.